The largest absolute Gasteiger partial charge is 0.481 e. The summed E-state index contributed by atoms with van der Waals surface area (Å²) in [5.41, 5.74) is -0.334. The summed E-state index contributed by atoms with van der Waals surface area (Å²) >= 11 is 0. The van der Waals surface area contributed by atoms with Crippen LogP contribution in [0.2, 0.25) is 0 Å². The lowest BCUT2D eigenvalue weighted by Gasteiger charge is -2.49. The van der Waals surface area contributed by atoms with Crippen molar-refractivity contribution in [3.8, 4) is 0 Å². The molecule has 2 rings (SSSR count). The molecule has 0 spiro atoms. The number of aliphatic hydroxyl groups is 1. The first-order chi connectivity index (χ1) is 8.84. The van der Waals surface area contributed by atoms with Crippen LogP contribution in [0, 0.1) is 17.3 Å². The SMILES string of the molecule is CC1(C)C(O)CC1NC(=O)C1CC=CCC1C(=O)O. The van der Waals surface area contributed by atoms with Gasteiger partial charge in [-0.2, -0.15) is 0 Å². The van der Waals surface area contributed by atoms with Gasteiger partial charge in [-0.05, 0) is 19.3 Å². The molecule has 5 heteroatoms. The molecule has 4 atom stereocenters. The average molecular weight is 267 g/mol. The minimum Gasteiger partial charge on any atom is -0.481 e. The number of amides is 1. The van der Waals surface area contributed by atoms with Gasteiger partial charge in [-0.25, -0.2) is 0 Å². The Morgan fingerprint density at radius 2 is 1.79 bits per heavy atom. The molecule has 19 heavy (non-hydrogen) atoms. The molecule has 3 N–H and O–H groups in total. The lowest BCUT2D eigenvalue weighted by atomic mass is 9.64. The molecule has 4 unspecified atom stereocenters. The maximum absolute atomic E-state index is 12.2. The molecule has 0 aliphatic heterocycles. The molecule has 0 aromatic rings. The monoisotopic (exact) mass is 267 g/mol. The van der Waals surface area contributed by atoms with Crippen LogP contribution in [-0.4, -0.2) is 34.2 Å². The van der Waals surface area contributed by atoms with Gasteiger partial charge < -0.3 is 15.5 Å². The van der Waals surface area contributed by atoms with Gasteiger partial charge in [-0.3, -0.25) is 9.59 Å². The number of carboxylic acids is 1. The number of aliphatic hydroxyl groups excluding tert-OH is 1. The summed E-state index contributed by atoms with van der Waals surface area (Å²) in [4.78, 5) is 23.4. The van der Waals surface area contributed by atoms with E-state index in [0.29, 0.717) is 19.3 Å². The molecule has 2 aliphatic rings. The lowest BCUT2D eigenvalue weighted by Crippen LogP contribution is -2.62. The van der Waals surface area contributed by atoms with Crippen LogP contribution in [0.5, 0.6) is 0 Å². The van der Waals surface area contributed by atoms with Gasteiger partial charge in [0, 0.05) is 11.5 Å². The Labute approximate surface area is 112 Å². The number of carboxylic acid groups (broad SMARTS) is 1. The molecule has 0 bridgehead atoms. The molecule has 1 fully saturated rings. The van der Waals surface area contributed by atoms with Crippen LogP contribution in [0.4, 0.5) is 0 Å². The average Bonchev–Trinajstić information content (AvgIpc) is 2.38. The fourth-order valence-corrected chi connectivity index (χ4v) is 2.80. The number of carbonyl (C=O) groups is 2. The van der Waals surface area contributed by atoms with Gasteiger partial charge in [0.2, 0.25) is 5.91 Å². The van der Waals surface area contributed by atoms with Gasteiger partial charge in [-0.15, -0.1) is 0 Å². The lowest BCUT2D eigenvalue weighted by molar-refractivity contribution is -0.149. The molecule has 0 radical (unpaired) electrons. The zero-order valence-electron chi connectivity index (χ0n) is 11.3. The molecular weight excluding hydrogens is 246 g/mol. The van der Waals surface area contributed by atoms with E-state index < -0.39 is 23.9 Å². The third-order valence-electron chi connectivity index (χ3n) is 4.62. The van der Waals surface area contributed by atoms with E-state index in [4.69, 9.17) is 5.11 Å². The van der Waals surface area contributed by atoms with Crippen molar-refractivity contribution in [2.45, 2.75) is 45.3 Å². The molecule has 2 aliphatic carbocycles. The maximum Gasteiger partial charge on any atom is 0.307 e. The standard InChI is InChI=1S/C14H21NO4/c1-14(2)10(7-11(14)16)15-12(17)8-5-3-4-6-9(8)13(18)19/h3-4,8-11,16H,5-7H2,1-2H3,(H,15,17)(H,18,19). The number of hydrogen-bond donors (Lipinski definition) is 3. The van der Waals surface area contributed by atoms with Crippen LogP contribution >= 0.6 is 0 Å². The van der Waals surface area contributed by atoms with E-state index in [1.807, 2.05) is 26.0 Å². The molecule has 5 nitrogen and oxygen atoms in total. The Morgan fingerprint density at radius 3 is 2.26 bits per heavy atom. The van der Waals surface area contributed by atoms with E-state index in [-0.39, 0.29) is 17.4 Å². The molecule has 0 aromatic heterocycles. The zero-order chi connectivity index (χ0) is 14.2. The number of carbonyl (C=O) groups excluding carboxylic acids is 1. The quantitative estimate of drug-likeness (QED) is 0.664. The third-order valence-corrected chi connectivity index (χ3v) is 4.62. The van der Waals surface area contributed by atoms with Crippen molar-refractivity contribution in [1.82, 2.24) is 5.32 Å². The second-order valence-corrected chi connectivity index (χ2v) is 6.13. The van der Waals surface area contributed by atoms with E-state index in [1.165, 1.54) is 0 Å². The van der Waals surface area contributed by atoms with Crippen LogP contribution in [-0.2, 0) is 9.59 Å². The molecule has 0 heterocycles. The molecule has 0 saturated heterocycles. The second-order valence-electron chi connectivity index (χ2n) is 6.13. The van der Waals surface area contributed by atoms with Gasteiger partial charge >= 0.3 is 5.97 Å². The van der Waals surface area contributed by atoms with Gasteiger partial charge in [0.1, 0.15) is 0 Å². The first kappa shape index (κ1) is 14.1. The first-order valence-corrected chi connectivity index (χ1v) is 6.70. The van der Waals surface area contributed by atoms with E-state index in [1.54, 1.807) is 0 Å². The summed E-state index contributed by atoms with van der Waals surface area (Å²) in [5, 5.41) is 21.7. The van der Waals surface area contributed by atoms with Crippen molar-refractivity contribution < 1.29 is 19.8 Å². The summed E-state index contributed by atoms with van der Waals surface area (Å²) in [6.07, 6.45) is 4.70. The van der Waals surface area contributed by atoms with Crippen molar-refractivity contribution >= 4 is 11.9 Å². The Balaban J connectivity index is 2.00. The predicted molar refractivity (Wildman–Crippen MR) is 69.3 cm³/mol. The number of rotatable bonds is 3. The number of hydrogen-bond acceptors (Lipinski definition) is 3. The van der Waals surface area contributed by atoms with Gasteiger partial charge in [0.25, 0.3) is 0 Å². The van der Waals surface area contributed by atoms with E-state index in [2.05, 4.69) is 5.32 Å². The van der Waals surface area contributed by atoms with Crippen molar-refractivity contribution in [3.63, 3.8) is 0 Å². The van der Waals surface area contributed by atoms with Crippen LogP contribution < -0.4 is 5.32 Å². The van der Waals surface area contributed by atoms with Gasteiger partial charge in [0.05, 0.1) is 17.9 Å². The summed E-state index contributed by atoms with van der Waals surface area (Å²) in [7, 11) is 0. The number of nitrogens with one attached hydrogen (secondary N) is 1. The van der Waals surface area contributed by atoms with Crippen LogP contribution in [0.1, 0.15) is 33.1 Å². The summed E-state index contributed by atoms with van der Waals surface area (Å²) in [5.74, 6) is -2.27. The second kappa shape index (κ2) is 4.96. The highest BCUT2D eigenvalue weighted by molar-refractivity contribution is 5.85. The smallest absolute Gasteiger partial charge is 0.307 e. The van der Waals surface area contributed by atoms with E-state index in [9.17, 15) is 14.7 Å². The highest BCUT2D eigenvalue weighted by atomic mass is 16.4. The van der Waals surface area contributed by atoms with Crippen LogP contribution in [0.25, 0.3) is 0 Å². The fourth-order valence-electron chi connectivity index (χ4n) is 2.80. The van der Waals surface area contributed by atoms with Crippen LogP contribution in [0.3, 0.4) is 0 Å². The van der Waals surface area contributed by atoms with Crippen molar-refractivity contribution in [1.29, 1.82) is 0 Å². The zero-order valence-corrected chi connectivity index (χ0v) is 11.3. The fraction of sp³-hybridized carbons (Fsp3) is 0.714. The highest BCUT2D eigenvalue weighted by Gasteiger charge is 2.49. The minimum atomic E-state index is -0.919. The molecule has 1 amide bonds. The topological polar surface area (TPSA) is 86.6 Å². The number of aliphatic carboxylic acids is 1. The Hall–Kier alpha value is -1.36. The van der Waals surface area contributed by atoms with Crippen molar-refractivity contribution in [3.05, 3.63) is 12.2 Å². The molecular formula is C14H21NO4. The normalized spacial score (nSPS) is 36.4. The summed E-state index contributed by atoms with van der Waals surface area (Å²) in [6, 6.07) is -0.0737. The maximum atomic E-state index is 12.2. The van der Waals surface area contributed by atoms with E-state index >= 15 is 0 Å². The van der Waals surface area contributed by atoms with Crippen molar-refractivity contribution in [2.75, 3.05) is 0 Å². The summed E-state index contributed by atoms with van der Waals surface area (Å²) < 4.78 is 0. The number of allylic oxidation sites excluding steroid dienone is 2. The predicted octanol–water partition coefficient (Wildman–Crippen LogP) is 0.929. The molecule has 0 aromatic carbocycles. The Bertz CT molecular complexity index is 416. The van der Waals surface area contributed by atoms with Gasteiger partial charge in [0.15, 0.2) is 0 Å². The summed E-state index contributed by atoms with van der Waals surface area (Å²) in [6.45, 7) is 3.81. The van der Waals surface area contributed by atoms with Gasteiger partial charge in [-0.1, -0.05) is 26.0 Å². The Kier molecular flexibility index (Phi) is 3.67. The first-order valence-electron chi connectivity index (χ1n) is 6.70. The minimum absolute atomic E-state index is 0.0737. The third kappa shape index (κ3) is 2.52. The van der Waals surface area contributed by atoms with Crippen molar-refractivity contribution in [2.24, 2.45) is 17.3 Å². The highest BCUT2D eigenvalue weighted by Crippen LogP contribution is 2.40. The molecule has 106 valence electrons. The van der Waals surface area contributed by atoms with E-state index in [0.717, 1.165) is 0 Å². The molecule has 1 saturated carbocycles. The Morgan fingerprint density at radius 1 is 1.21 bits per heavy atom. The van der Waals surface area contributed by atoms with Crippen LogP contribution in [0.15, 0.2) is 12.2 Å².